The fraction of sp³-hybridized carbons (Fsp3) is 1.00. The van der Waals surface area contributed by atoms with Crippen LogP contribution in [0.5, 0.6) is 0 Å². The first-order valence-corrected chi connectivity index (χ1v) is 5.98. The minimum atomic E-state index is -0.125. The summed E-state index contributed by atoms with van der Waals surface area (Å²) in [5.74, 6) is 0. The summed E-state index contributed by atoms with van der Waals surface area (Å²) in [6.45, 7) is 0.865. The Morgan fingerprint density at radius 2 is 1.21 bits per heavy atom. The van der Waals surface area contributed by atoms with E-state index in [0.717, 1.165) is 11.0 Å². The summed E-state index contributed by atoms with van der Waals surface area (Å²) in [7, 11) is 10.7. The summed E-state index contributed by atoms with van der Waals surface area (Å²) in [5.41, 5.74) is 0. The van der Waals surface area contributed by atoms with Gasteiger partial charge in [-0.15, -0.1) is 0 Å². The third-order valence-corrected chi connectivity index (χ3v) is 0.871. The van der Waals surface area contributed by atoms with Crippen LogP contribution in [0.1, 0.15) is 0 Å². The standard InChI is InChI=1S/C5H14NO.C2H6O2.2ClH.Ru/c1-6(2,3)4-5-7;3-1-2-4;;;/h7H,4-5H2,1-3H3;3-4H,1-2H2;2*1H;/q+1;;;;+1/p-2. The molecule has 0 fully saturated rings. The molecule has 0 aromatic heterocycles. The van der Waals surface area contributed by atoms with Gasteiger partial charge in [-0.3, -0.25) is 0 Å². The molecule has 0 aliphatic carbocycles. The first kappa shape index (κ1) is 24.3. The van der Waals surface area contributed by atoms with E-state index in [1.54, 1.807) is 0 Å². The minimum absolute atomic E-state index is 0. The molecule has 0 aromatic rings. The van der Waals surface area contributed by atoms with Gasteiger partial charge in [0, 0.05) is 0 Å². The van der Waals surface area contributed by atoms with Gasteiger partial charge in [-0.05, 0) is 0 Å². The number of hydrogen-bond acceptors (Lipinski definition) is 3. The zero-order chi connectivity index (χ0) is 11.3. The van der Waals surface area contributed by atoms with Crippen molar-refractivity contribution < 1.29 is 49.5 Å². The predicted octanol–water partition coefficient (Wildman–Crippen LogP) is -3.65. The van der Waals surface area contributed by atoms with Crippen LogP contribution in [0.3, 0.4) is 0 Å². The zero-order valence-electron chi connectivity index (χ0n) is 8.73. The molecule has 0 aliphatic heterocycles. The molecule has 0 aliphatic rings. The monoisotopic (exact) mass is 338 g/mol. The van der Waals surface area contributed by atoms with Crippen molar-refractivity contribution in [2.24, 2.45) is 0 Å². The Balaban J connectivity index is -0.0000000620. The van der Waals surface area contributed by atoms with Crippen molar-refractivity contribution in [2.45, 2.75) is 0 Å². The second-order valence-corrected chi connectivity index (χ2v) is 3.18. The molecule has 3 N–H and O–H groups in total. The van der Waals surface area contributed by atoms with E-state index in [4.69, 9.17) is 15.3 Å². The van der Waals surface area contributed by atoms with E-state index in [2.05, 4.69) is 30.8 Å². The van der Waals surface area contributed by atoms with Crippen LogP contribution in [0.4, 0.5) is 0 Å². The van der Waals surface area contributed by atoms with Crippen LogP contribution in [-0.4, -0.2) is 67.3 Å². The van der Waals surface area contributed by atoms with Crippen LogP contribution < -0.4 is 12.4 Å². The first-order chi connectivity index (χ1) is 5.97. The molecule has 0 amide bonds. The maximum absolute atomic E-state index is 8.39. The van der Waals surface area contributed by atoms with Crippen LogP contribution in [0.25, 0.3) is 0 Å². The number of aliphatic hydroxyl groups excluding tert-OH is 3. The van der Waals surface area contributed by atoms with Crippen LogP contribution in [-0.2, 0) is 17.3 Å². The van der Waals surface area contributed by atoms with Crippen molar-refractivity contribution in [3.05, 3.63) is 0 Å². The van der Waals surface area contributed by atoms with Gasteiger partial charge in [0.1, 0.15) is 6.54 Å². The van der Waals surface area contributed by atoms with Gasteiger partial charge in [0.05, 0.1) is 41.0 Å². The Kier molecular flexibility index (Phi) is 34.0. The molecule has 0 rings (SSSR count). The van der Waals surface area contributed by atoms with E-state index in [-0.39, 0.29) is 32.2 Å². The Morgan fingerprint density at radius 3 is 1.21 bits per heavy atom. The Hall–Kier alpha value is 1.04. The van der Waals surface area contributed by atoms with E-state index in [9.17, 15) is 0 Å². The van der Waals surface area contributed by atoms with E-state index in [0.29, 0.717) is 0 Å². The van der Waals surface area contributed by atoms with Crippen molar-refractivity contribution in [3.63, 3.8) is 0 Å². The van der Waals surface area contributed by atoms with Crippen molar-refractivity contribution in [2.75, 3.05) is 47.5 Å². The summed E-state index contributed by atoms with van der Waals surface area (Å²) in [4.78, 5) is 0. The van der Waals surface area contributed by atoms with Crippen molar-refractivity contribution >= 4 is 9.69 Å². The molecule has 0 atom stereocenters. The van der Waals surface area contributed by atoms with Gasteiger partial charge in [-0.2, -0.15) is 0 Å². The number of quaternary nitrogens is 1. The molecule has 93 valence electrons. The molecular formula is C7H20Cl2NO3Ru. The summed E-state index contributed by atoms with van der Waals surface area (Å²) in [6, 6.07) is 0. The molecule has 0 spiro atoms. The van der Waals surface area contributed by atoms with Gasteiger partial charge in [-0.25, -0.2) is 0 Å². The van der Waals surface area contributed by atoms with Gasteiger partial charge in [0.2, 0.25) is 0 Å². The van der Waals surface area contributed by atoms with Gasteiger partial charge in [0.25, 0.3) is 0 Å². The Bertz CT molecular complexity index is 81.8. The number of likely N-dealkylation sites (N-methyl/N-ethyl adjacent to an activating group) is 1. The number of nitrogens with zero attached hydrogens (tertiary/aromatic N) is 1. The third kappa shape index (κ3) is 51.8. The molecule has 4 nitrogen and oxygen atoms in total. The molecule has 0 unspecified atom stereocenters. The van der Waals surface area contributed by atoms with Gasteiger partial charge in [0.15, 0.2) is 0 Å². The maximum atomic E-state index is 8.39. The van der Waals surface area contributed by atoms with E-state index in [1.807, 2.05) is 17.3 Å². The molecule has 7 heteroatoms. The SMILES string of the molecule is C[N+](C)(C)CCO.OCCO.[Cl-].[Cl][Ru]. The topological polar surface area (TPSA) is 60.7 Å². The van der Waals surface area contributed by atoms with Crippen LogP contribution in [0, 0.1) is 0 Å². The van der Waals surface area contributed by atoms with Crippen LogP contribution in [0.15, 0.2) is 0 Å². The predicted molar refractivity (Wildman–Crippen MR) is 50.0 cm³/mol. The Morgan fingerprint density at radius 1 is 0.929 bits per heavy atom. The van der Waals surface area contributed by atoms with Gasteiger partial charge < -0.3 is 32.2 Å². The number of aliphatic hydroxyl groups is 3. The summed E-state index contributed by atoms with van der Waals surface area (Å²) in [5, 5.41) is 23.6. The number of hydrogen-bond donors (Lipinski definition) is 3. The molecule has 0 bridgehead atoms. The molecule has 0 heterocycles. The van der Waals surface area contributed by atoms with Crippen LogP contribution in [0.2, 0.25) is 0 Å². The van der Waals surface area contributed by atoms with E-state index < -0.39 is 0 Å². The number of rotatable bonds is 3. The van der Waals surface area contributed by atoms with Gasteiger partial charge >= 0.3 is 27.0 Å². The molecule has 0 saturated carbocycles. The summed E-state index contributed by atoms with van der Waals surface area (Å²) in [6.07, 6.45) is 0. The summed E-state index contributed by atoms with van der Waals surface area (Å²) >= 11 is 1.82. The molecule has 0 radical (unpaired) electrons. The first-order valence-electron chi connectivity index (χ1n) is 3.74. The van der Waals surface area contributed by atoms with E-state index >= 15 is 0 Å². The quantitative estimate of drug-likeness (QED) is 0.367. The van der Waals surface area contributed by atoms with Crippen molar-refractivity contribution in [3.8, 4) is 0 Å². The Labute approximate surface area is 107 Å². The van der Waals surface area contributed by atoms with E-state index in [1.165, 1.54) is 0 Å². The second kappa shape index (κ2) is 19.6. The molecule has 0 aromatic carbocycles. The average molecular weight is 338 g/mol. The summed E-state index contributed by atoms with van der Waals surface area (Å²) < 4.78 is 0.844. The number of halogens is 2. The zero-order valence-corrected chi connectivity index (χ0v) is 12.0. The van der Waals surface area contributed by atoms with Crippen molar-refractivity contribution in [1.82, 2.24) is 0 Å². The normalized spacial score (nSPS) is 8.57. The van der Waals surface area contributed by atoms with Crippen molar-refractivity contribution in [1.29, 1.82) is 0 Å². The third-order valence-electron chi connectivity index (χ3n) is 0.871. The average Bonchev–Trinajstić information content (AvgIpc) is 2.07. The second-order valence-electron chi connectivity index (χ2n) is 3.18. The molecule has 0 saturated heterocycles. The molecular weight excluding hydrogens is 318 g/mol. The van der Waals surface area contributed by atoms with Gasteiger partial charge in [-0.1, -0.05) is 0 Å². The molecule has 14 heavy (non-hydrogen) atoms. The fourth-order valence-corrected chi connectivity index (χ4v) is 0.300. The van der Waals surface area contributed by atoms with Crippen LogP contribution >= 0.6 is 9.69 Å². The fourth-order valence-electron chi connectivity index (χ4n) is 0.300.